The van der Waals surface area contributed by atoms with Gasteiger partial charge >= 0.3 is 0 Å². The monoisotopic (exact) mass is 289 g/mol. The van der Waals surface area contributed by atoms with Crippen LogP contribution in [0, 0.1) is 0 Å². The summed E-state index contributed by atoms with van der Waals surface area (Å²) in [6.45, 7) is 3.93. The van der Waals surface area contributed by atoms with Crippen molar-refractivity contribution >= 4 is 28.4 Å². The fourth-order valence-corrected chi connectivity index (χ4v) is 3.12. The first kappa shape index (κ1) is 14.7. The lowest BCUT2D eigenvalue weighted by Gasteiger charge is -2.16. The molecule has 3 nitrogen and oxygen atoms in total. The Morgan fingerprint density at radius 1 is 1.15 bits per heavy atom. The second-order valence-corrected chi connectivity index (χ2v) is 6.48. The molecule has 2 aromatic carbocycles. The first-order valence-electron chi connectivity index (χ1n) is 6.53. The van der Waals surface area contributed by atoms with Gasteiger partial charge in [0.2, 0.25) is 5.91 Å². The maximum absolute atomic E-state index is 11.1. The Morgan fingerprint density at radius 2 is 1.80 bits per heavy atom. The molecule has 0 radical (unpaired) electrons. The molecule has 0 saturated heterocycles. The lowest BCUT2D eigenvalue weighted by atomic mass is 10.1. The Labute approximate surface area is 123 Å². The van der Waals surface area contributed by atoms with Crippen LogP contribution in [-0.2, 0) is 4.79 Å². The second kappa shape index (κ2) is 6.18. The third kappa shape index (κ3) is 3.25. The molecule has 0 bridgehead atoms. The van der Waals surface area contributed by atoms with E-state index in [0.717, 1.165) is 11.1 Å². The zero-order chi connectivity index (χ0) is 14.7. The predicted octanol–water partition coefficient (Wildman–Crippen LogP) is 3.52. The van der Waals surface area contributed by atoms with Crippen LogP contribution in [0.4, 0.5) is 0 Å². The molecule has 106 valence electrons. The van der Waals surface area contributed by atoms with Crippen LogP contribution < -0.4 is 10.5 Å². The SMILES string of the molecule is COc1ccc2cc(C(C)SC(C)C(N)=O)ccc2c1. The maximum Gasteiger partial charge on any atom is 0.230 e. The third-order valence-electron chi connectivity index (χ3n) is 3.35. The van der Waals surface area contributed by atoms with Gasteiger partial charge in [0.1, 0.15) is 5.75 Å². The fourth-order valence-electron chi connectivity index (χ4n) is 2.07. The van der Waals surface area contributed by atoms with Gasteiger partial charge in [-0.15, -0.1) is 11.8 Å². The first-order valence-corrected chi connectivity index (χ1v) is 7.48. The van der Waals surface area contributed by atoms with Crippen molar-refractivity contribution in [1.29, 1.82) is 0 Å². The van der Waals surface area contributed by atoms with Gasteiger partial charge in [-0.1, -0.05) is 24.3 Å². The largest absolute Gasteiger partial charge is 0.497 e. The quantitative estimate of drug-likeness (QED) is 0.916. The Balaban J connectivity index is 2.25. The molecule has 2 unspecified atom stereocenters. The predicted molar refractivity (Wildman–Crippen MR) is 85.2 cm³/mol. The summed E-state index contributed by atoms with van der Waals surface area (Å²) in [6.07, 6.45) is 0. The van der Waals surface area contributed by atoms with Gasteiger partial charge in [-0.25, -0.2) is 0 Å². The second-order valence-electron chi connectivity index (χ2n) is 4.80. The summed E-state index contributed by atoms with van der Waals surface area (Å²) in [6, 6.07) is 12.3. The highest BCUT2D eigenvalue weighted by atomic mass is 32.2. The summed E-state index contributed by atoms with van der Waals surface area (Å²) >= 11 is 1.58. The number of methoxy groups -OCH3 is 1. The van der Waals surface area contributed by atoms with Crippen LogP contribution in [0.25, 0.3) is 10.8 Å². The number of rotatable bonds is 5. The van der Waals surface area contributed by atoms with Crippen LogP contribution >= 0.6 is 11.8 Å². The molecule has 0 aliphatic carbocycles. The van der Waals surface area contributed by atoms with Gasteiger partial charge in [-0.3, -0.25) is 4.79 Å². The number of carbonyl (C=O) groups is 1. The minimum absolute atomic E-state index is 0.184. The van der Waals surface area contributed by atoms with E-state index in [1.165, 1.54) is 10.9 Å². The van der Waals surface area contributed by atoms with E-state index in [-0.39, 0.29) is 16.4 Å². The molecule has 4 heteroatoms. The number of ether oxygens (including phenoxy) is 1. The molecule has 20 heavy (non-hydrogen) atoms. The number of benzene rings is 2. The summed E-state index contributed by atoms with van der Waals surface area (Å²) in [4.78, 5) is 11.1. The molecule has 2 rings (SSSR count). The van der Waals surface area contributed by atoms with Crippen molar-refractivity contribution in [2.75, 3.05) is 7.11 Å². The molecule has 1 amide bonds. The molecule has 0 aromatic heterocycles. The van der Waals surface area contributed by atoms with Gasteiger partial charge in [-0.05, 0) is 42.3 Å². The summed E-state index contributed by atoms with van der Waals surface area (Å²) in [5.41, 5.74) is 6.51. The number of nitrogens with two attached hydrogens (primary N) is 1. The lowest BCUT2D eigenvalue weighted by Crippen LogP contribution is -2.23. The van der Waals surface area contributed by atoms with E-state index in [2.05, 4.69) is 25.1 Å². The van der Waals surface area contributed by atoms with Gasteiger partial charge in [0.15, 0.2) is 0 Å². The number of thioether (sulfide) groups is 1. The Bertz CT molecular complexity index is 627. The van der Waals surface area contributed by atoms with E-state index in [1.807, 2.05) is 25.1 Å². The van der Waals surface area contributed by atoms with E-state index in [0.29, 0.717) is 0 Å². The van der Waals surface area contributed by atoms with Gasteiger partial charge < -0.3 is 10.5 Å². The zero-order valence-electron chi connectivity index (χ0n) is 11.9. The molecule has 0 saturated carbocycles. The van der Waals surface area contributed by atoms with Crippen molar-refractivity contribution in [2.24, 2.45) is 5.73 Å². The summed E-state index contributed by atoms with van der Waals surface area (Å²) in [7, 11) is 1.67. The van der Waals surface area contributed by atoms with Gasteiger partial charge in [0.05, 0.1) is 12.4 Å². The number of primary amides is 1. The van der Waals surface area contributed by atoms with Crippen LogP contribution in [0.1, 0.15) is 24.7 Å². The number of fused-ring (bicyclic) bond motifs is 1. The molecule has 2 N–H and O–H groups in total. The smallest absolute Gasteiger partial charge is 0.230 e. The maximum atomic E-state index is 11.1. The van der Waals surface area contributed by atoms with Crippen molar-refractivity contribution in [3.63, 3.8) is 0 Å². The molecule has 0 aliphatic heterocycles. The van der Waals surface area contributed by atoms with Gasteiger partial charge in [0.25, 0.3) is 0 Å². The molecular weight excluding hydrogens is 270 g/mol. The minimum Gasteiger partial charge on any atom is -0.497 e. The first-order chi connectivity index (χ1) is 9.51. The van der Waals surface area contributed by atoms with E-state index in [1.54, 1.807) is 18.9 Å². The summed E-state index contributed by atoms with van der Waals surface area (Å²) in [5.74, 6) is 0.586. The fraction of sp³-hybridized carbons (Fsp3) is 0.312. The van der Waals surface area contributed by atoms with Crippen molar-refractivity contribution in [3.8, 4) is 5.75 Å². The number of hydrogen-bond acceptors (Lipinski definition) is 3. The molecule has 0 fully saturated rings. The highest BCUT2D eigenvalue weighted by Crippen LogP contribution is 2.33. The van der Waals surface area contributed by atoms with Gasteiger partial charge in [-0.2, -0.15) is 0 Å². The Hall–Kier alpha value is -1.68. The number of carbonyl (C=O) groups excluding carboxylic acids is 1. The average Bonchev–Trinajstić information content (AvgIpc) is 2.45. The Morgan fingerprint density at radius 3 is 2.45 bits per heavy atom. The summed E-state index contributed by atoms with van der Waals surface area (Å²) < 4.78 is 5.22. The van der Waals surface area contributed by atoms with Crippen LogP contribution in [0.2, 0.25) is 0 Å². The van der Waals surface area contributed by atoms with Gasteiger partial charge in [0, 0.05) is 5.25 Å². The van der Waals surface area contributed by atoms with Crippen molar-refractivity contribution < 1.29 is 9.53 Å². The molecule has 2 aromatic rings. The van der Waals surface area contributed by atoms with Crippen molar-refractivity contribution in [2.45, 2.75) is 24.3 Å². The third-order valence-corrected chi connectivity index (χ3v) is 4.67. The number of hydrogen-bond donors (Lipinski definition) is 1. The van der Waals surface area contributed by atoms with Crippen LogP contribution in [0.3, 0.4) is 0 Å². The molecule has 0 heterocycles. The number of amides is 1. The van der Waals surface area contributed by atoms with Crippen molar-refractivity contribution in [1.82, 2.24) is 0 Å². The van der Waals surface area contributed by atoms with E-state index >= 15 is 0 Å². The molecule has 2 atom stereocenters. The van der Waals surface area contributed by atoms with E-state index in [4.69, 9.17) is 10.5 Å². The highest BCUT2D eigenvalue weighted by molar-refractivity contribution is 8.00. The molecule has 0 spiro atoms. The van der Waals surface area contributed by atoms with Crippen molar-refractivity contribution in [3.05, 3.63) is 42.0 Å². The van der Waals surface area contributed by atoms with Crippen LogP contribution in [-0.4, -0.2) is 18.3 Å². The molecule has 0 aliphatic rings. The zero-order valence-corrected chi connectivity index (χ0v) is 12.7. The minimum atomic E-state index is -0.271. The van der Waals surface area contributed by atoms with Crippen LogP contribution in [0.15, 0.2) is 36.4 Å². The normalized spacial score (nSPS) is 13.9. The average molecular weight is 289 g/mol. The van der Waals surface area contributed by atoms with E-state index < -0.39 is 0 Å². The topological polar surface area (TPSA) is 52.3 Å². The Kier molecular flexibility index (Phi) is 4.55. The lowest BCUT2D eigenvalue weighted by molar-refractivity contribution is -0.117. The summed E-state index contributed by atoms with van der Waals surface area (Å²) in [5, 5.41) is 2.36. The standard InChI is InChI=1S/C16H19NO2S/c1-10(20-11(2)16(17)18)12-4-5-14-9-15(19-3)7-6-13(14)8-12/h4-11H,1-3H3,(H2,17,18). The molecular formula is C16H19NO2S. The highest BCUT2D eigenvalue weighted by Gasteiger charge is 2.15. The van der Waals surface area contributed by atoms with Crippen LogP contribution in [0.5, 0.6) is 5.75 Å². The van der Waals surface area contributed by atoms with E-state index in [9.17, 15) is 4.79 Å².